The number of aromatic nitrogens is 2. The lowest BCUT2D eigenvalue weighted by molar-refractivity contribution is 0.412. The first-order valence-electron chi connectivity index (χ1n) is 5.90. The summed E-state index contributed by atoms with van der Waals surface area (Å²) in [5.41, 5.74) is 1.23. The minimum absolute atomic E-state index is 0.655. The van der Waals surface area contributed by atoms with Crippen molar-refractivity contribution in [2.75, 3.05) is 12.9 Å². The third-order valence-corrected chi connectivity index (χ3v) is 3.20. The van der Waals surface area contributed by atoms with Gasteiger partial charge in [-0.15, -0.1) is 10.2 Å². The SMILES string of the molecule is CCSc1nnc(CCc2ccc(OC)cc2)o1. The van der Waals surface area contributed by atoms with Gasteiger partial charge in [-0.1, -0.05) is 30.8 Å². The first kappa shape index (κ1) is 13.0. The maximum absolute atomic E-state index is 5.51. The maximum Gasteiger partial charge on any atom is 0.276 e. The Morgan fingerprint density at radius 1 is 1.17 bits per heavy atom. The average molecular weight is 264 g/mol. The predicted octanol–water partition coefficient (Wildman–Crippen LogP) is 2.98. The molecule has 0 amide bonds. The molecule has 0 saturated heterocycles. The molecule has 0 aliphatic rings. The van der Waals surface area contributed by atoms with Gasteiger partial charge in [0.2, 0.25) is 5.89 Å². The van der Waals surface area contributed by atoms with E-state index in [0.717, 1.165) is 24.3 Å². The highest BCUT2D eigenvalue weighted by atomic mass is 32.2. The second-order valence-corrected chi connectivity index (χ2v) is 4.96. The fourth-order valence-electron chi connectivity index (χ4n) is 1.56. The van der Waals surface area contributed by atoms with Crippen LogP contribution in [0.15, 0.2) is 33.9 Å². The zero-order chi connectivity index (χ0) is 12.8. The van der Waals surface area contributed by atoms with E-state index in [1.807, 2.05) is 12.1 Å². The maximum atomic E-state index is 5.51. The Kier molecular flexibility index (Phi) is 4.64. The molecule has 0 fully saturated rings. The molecule has 0 radical (unpaired) electrons. The van der Waals surface area contributed by atoms with Gasteiger partial charge in [0.15, 0.2) is 0 Å². The number of benzene rings is 1. The number of methoxy groups -OCH3 is 1. The van der Waals surface area contributed by atoms with Crippen molar-refractivity contribution in [3.05, 3.63) is 35.7 Å². The van der Waals surface area contributed by atoms with Crippen molar-refractivity contribution in [2.45, 2.75) is 25.0 Å². The minimum Gasteiger partial charge on any atom is -0.497 e. The van der Waals surface area contributed by atoms with Crippen LogP contribution >= 0.6 is 11.8 Å². The van der Waals surface area contributed by atoms with Crippen LogP contribution in [0.2, 0.25) is 0 Å². The Hall–Kier alpha value is -1.49. The molecule has 1 aromatic carbocycles. The molecule has 0 aliphatic heterocycles. The van der Waals surface area contributed by atoms with Crippen LogP contribution in [0.25, 0.3) is 0 Å². The minimum atomic E-state index is 0.655. The molecule has 0 atom stereocenters. The summed E-state index contributed by atoms with van der Waals surface area (Å²) in [5.74, 6) is 2.51. The second kappa shape index (κ2) is 6.44. The summed E-state index contributed by atoms with van der Waals surface area (Å²) in [6, 6.07) is 8.02. The zero-order valence-corrected chi connectivity index (χ0v) is 11.4. The summed E-state index contributed by atoms with van der Waals surface area (Å²) in [6.07, 6.45) is 1.66. The molecule has 0 saturated carbocycles. The van der Waals surface area contributed by atoms with Gasteiger partial charge in [0.25, 0.3) is 5.22 Å². The van der Waals surface area contributed by atoms with Crippen molar-refractivity contribution in [1.29, 1.82) is 0 Å². The smallest absolute Gasteiger partial charge is 0.276 e. The van der Waals surface area contributed by atoms with E-state index in [-0.39, 0.29) is 0 Å². The molecule has 0 N–H and O–H groups in total. The van der Waals surface area contributed by atoms with Gasteiger partial charge in [-0.25, -0.2) is 0 Å². The largest absolute Gasteiger partial charge is 0.497 e. The molecule has 96 valence electrons. The number of aryl methyl sites for hydroxylation is 2. The average Bonchev–Trinajstić information content (AvgIpc) is 2.85. The lowest BCUT2D eigenvalue weighted by Crippen LogP contribution is -1.92. The van der Waals surface area contributed by atoms with Crippen LogP contribution < -0.4 is 4.74 Å². The topological polar surface area (TPSA) is 48.2 Å². The van der Waals surface area contributed by atoms with Gasteiger partial charge >= 0.3 is 0 Å². The summed E-state index contributed by atoms with van der Waals surface area (Å²) >= 11 is 1.57. The molecule has 2 aromatic rings. The fourth-order valence-corrected chi connectivity index (χ4v) is 2.07. The molecule has 0 bridgehead atoms. The first-order chi connectivity index (χ1) is 8.81. The van der Waals surface area contributed by atoms with Crippen LogP contribution in [0, 0.1) is 0 Å². The Morgan fingerprint density at radius 3 is 2.61 bits per heavy atom. The van der Waals surface area contributed by atoms with Gasteiger partial charge in [0.1, 0.15) is 5.75 Å². The number of hydrogen-bond donors (Lipinski definition) is 0. The molecular formula is C13H16N2O2S. The van der Waals surface area contributed by atoms with Crippen LogP contribution in [-0.4, -0.2) is 23.1 Å². The van der Waals surface area contributed by atoms with Gasteiger partial charge in [-0.05, 0) is 29.9 Å². The molecule has 4 nitrogen and oxygen atoms in total. The molecule has 0 spiro atoms. The zero-order valence-electron chi connectivity index (χ0n) is 10.5. The van der Waals surface area contributed by atoms with Crippen LogP contribution in [0.1, 0.15) is 18.4 Å². The number of rotatable bonds is 6. The van der Waals surface area contributed by atoms with Gasteiger partial charge in [-0.2, -0.15) is 0 Å². The quantitative estimate of drug-likeness (QED) is 0.751. The lowest BCUT2D eigenvalue weighted by atomic mass is 10.1. The van der Waals surface area contributed by atoms with Crippen molar-refractivity contribution in [2.24, 2.45) is 0 Å². The van der Waals surface area contributed by atoms with Gasteiger partial charge in [0, 0.05) is 6.42 Å². The van der Waals surface area contributed by atoms with Gasteiger partial charge < -0.3 is 9.15 Å². The Labute approximate surface area is 111 Å². The van der Waals surface area contributed by atoms with E-state index in [1.165, 1.54) is 5.56 Å². The highest BCUT2D eigenvalue weighted by Gasteiger charge is 2.05. The van der Waals surface area contributed by atoms with E-state index in [0.29, 0.717) is 11.1 Å². The van der Waals surface area contributed by atoms with E-state index in [1.54, 1.807) is 18.9 Å². The molecule has 1 heterocycles. The first-order valence-corrected chi connectivity index (χ1v) is 6.88. The molecular weight excluding hydrogens is 248 g/mol. The van der Waals surface area contributed by atoms with Crippen LogP contribution in [-0.2, 0) is 12.8 Å². The molecule has 5 heteroatoms. The standard InChI is InChI=1S/C13H16N2O2S/c1-3-18-13-15-14-12(17-13)9-6-10-4-7-11(16-2)8-5-10/h4-5,7-8H,3,6,9H2,1-2H3. The summed E-state index contributed by atoms with van der Waals surface area (Å²) in [4.78, 5) is 0. The second-order valence-electron chi connectivity index (χ2n) is 3.74. The van der Waals surface area contributed by atoms with E-state index in [4.69, 9.17) is 9.15 Å². The highest BCUT2D eigenvalue weighted by molar-refractivity contribution is 7.99. The lowest BCUT2D eigenvalue weighted by Gasteiger charge is -2.01. The Bertz CT molecular complexity index is 482. The molecule has 2 rings (SSSR count). The summed E-state index contributed by atoms with van der Waals surface area (Å²) in [6.45, 7) is 2.06. The van der Waals surface area contributed by atoms with Crippen LogP contribution in [0.3, 0.4) is 0 Å². The van der Waals surface area contributed by atoms with Gasteiger partial charge in [0.05, 0.1) is 7.11 Å². The van der Waals surface area contributed by atoms with E-state index in [2.05, 4.69) is 29.3 Å². The van der Waals surface area contributed by atoms with Crippen LogP contribution in [0.4, 0.5) is 0 Å². The highest BCUT2D eigenvalue weighted by Crippen LogP contribution is 2.17. The van der Waals surface area contributed by atoms with Crippen molar-refractivity contribution >= 4 is 11.8 Å². The Balaban J connectivity index is 1.89. The van der Waals surface area contributed by atoms with Crippen molar-refractivity contribution in [3.63, 3.8) is 0 Å². The summed E-state index contributed by atoms with van der Waals surface area (Å²) in [5, 5.41) is 8.65. The van der Waals surface area contributed by atoms with E-state index < -0.39 is 0 Å². The third kappa shape index (κ3) is 3.50. The normalized spacial score (nSPS) is 10.6. The van der Waals surface area contributed by atoms with Gasteiger partial charge in [-0.3, -0.25) is 0 Å². The predicted molar refractivity (Wildman–Crippen MR) is 71.1 cm³/mol. The monoisotopic (exact) mass is 264 g/mol. The van der Waals surface area contributed by atoms with Crippen molar-refractivity contribution in [3.8, 4) is 5.75 Å². The van der Waals surface area contributed by atoms with E-state index in [9.17, 15) is 0 Å². The number of nitrogens with zero attached hydrogens (tertiary/aromatic N) is 2. The number of hydrogen-bond acceptors (Lipinski definition) is 5. The third-order valence-electron chi connectivity index (χ3n) is 2.50. The van der Waals surface area contributed by atoms with Crippen LogP contribution in [0.5, 0.6) is 5.75 Å². The van der Waals surface area contributed by atoms with E-state index >= 15 is 0 Å². The molecule has 0 unspecified atom stereocenters. The Morgan fingerprint density at radius 2 is 1.94 bits per heavy atom. The summed E-state index contributed by atoms with van der Waals surface area (Å²) in [7, 11) is 1.67. The summed E-state index contributed by atoms with van der Waals surface area (Å²) < 4.78 is 10.6. The van der Waals surface area contributed by atoms with Crippen molar-refractivity contribution in [1.82, 2.24) is 10.2 Å². The molecule has 0 aliphatic carbocycles. The number of thioether (sulfide) groups is 1. The van der Waals surface area contributed by atoms with Crippen molar-refractivity contribution < 1.29 is 9.15 Å². The number of ether oxygens (including phenoxy) is 1. The fraction of sp³-hybridized carbons (Fsp3) is 0.385. The molecule has 1 aromatic heterocycles. The molecule has 18 heavy (non-hydrogen) atoms.